The van der Waals surface area contributed by atoms with Gasteiger partial charge in [-0.3, -0.25) is 4.79 Å². The molecule has 1 saturated carbocycles. The van der Waals surface area contributed by atoms with Gasteiger partial charge in [0.25, 0.3) is 0 Å². The number of carbonyl (C=O) groups excluding carboxylic acids is 1. The maximum atomic E-state index is 12.6. The molecule has 0 spiro atoms. The lowest BCUT2D eigenvalue weighted by Crippen LogP contribution is -2.43. The van der Waals surface area contributed by atoms with Crippen LogP contribution in [0.25, 0.3) is 22.2 Å². The van der Waals surface area contributed by atoms with E-state index >= 15 is 0 Å². The summed E-state index contributed by atoms with van der Waals surface area (Å²) in [4.78, 5) is 27.1. The van der Waals surface area contributed by atoms with Crippen LogP contribution in [-0.4, -0.2) is 57.5 Å². The maximum absolute atomic E-state index is 12.6. The fourth-order valence-corrected chi connectivity index (χ4v) is 5.37. The van der Waals surface area contributed by atoms with Crippen molar-refractivity contribution < 1.29 is 4.79 Å². The van der Waals surface area contributed by atoms with Crippen LogP contribution < -0.4 is 10.6 Å². The summed E-state index contributed by atoms with van der Waals surface area (Å²) in [6, 6.07) is 8.52. The van der Waals surface area contributed by atoms with Crippen LogP contribution in [0.4, 0.5) is 5.82 Å². The molecule has 1 unspecified atom stereocenters. The molecule has 4 heterocycles. The highest BCUT2D eigenvalue weighted by molar-refractivity contribution is 6.29. The number of hydrogen-bond acceptors (Lipinski definition) is 5. The number of likely N-dealkylation sites (tertiary alicyclic amines) is 1. The monoisotopic (exact) mass is 466 g/mol. The van der Waals surface area contributed by atoms with E-state index in [2.05, 4.69) is 49.5 Å². The summed E-state index contributed by atoms with van der Waals surface area (Å²) >= 11 is 6.37. The Morgan fingerprint density at radius 3 is 2.82 bits per heavy atom. The van der Waals surface area contributed by atoms with Crippen molar-refractivity contribution in [3.05, 3.63) is 41.8 Å². The molecule has 0 radical (unpaired) electrons. The van der Waals surface area contributed by atoms with Gasteiger partial charge in [-0.1, -0.05) is 18.5 Å². The molecule has 33 heavy (non-hydrogen) atoms. The lowest BCUT2D eigenvalue weighted by molar-refractivity contribution is -0.125. The van der Waals surface area contributed by atoms with Crippen molar-refractivity contribution in [3.63, 3.8) is 0 Å². The molecule has 8 heteroatoms. The number of fused-ring (bicyclic) bond motifs is 1. The molecular formula is C25H31ClN6O. The second-order valence-corrected chi connectivity index (χ2v) is 9.63. The Labute approximate surface area is 199 Å². The highest BCUT2D eigenvalue weighted by Gasteiger charge is 2.30. The van der Waals surface area contributed by atoms with Crippen LogP contribution in [0, 0.1) is 5.92 Å². The average molecular weight is 467 g/mol. The second-order valence-electron chi connectivity index (χ2n) is 9.25. The molecule has 1 amide bonds. The molecular weight excluding hydrogens is 436 g/mol. The second kappa shape index (κ2) is 9.69. The van der Waals surface area contributed by atoms with Gasteiger partial charge in [0, 0.05) is 42.0 Å². The summed E-state index contributed by atoms with van der Waals surface area (Å²) in [6.45, 7) is 5.12. The minimum absolute atomic E-state index is 0.148. The van der Waals surface area contributed by atoms with Crippen LogP contribution in [0.3, 0.4) is 0 Å². The first kappa shape index (κ1) is 22.2. The number of pyridine rings is 2. The minimum atomic E-state index is 0.148. The van der Waals surface area contributed by atoms with Crippen LogP contribution in [0.2, 0.25) is 5.15 Å². The van der Waals surface area contributed by atoms with E-state index in [0.717, 1.165) is 79.7 Å². The van der Waals surface area contributed by atoms with Crippen LogP contribution in [-0.2, 0) is 4.79 Å². The third kappa shape index (κ3) is 4.99. The third-order valence-corrected chi connectivity index (χ3v) is 7.27. The summed E-state index contributed by atoms with van der Waals surface area (Å²) in [6.07, 6.45) is 8.68. The summed E-state index contributed by atoms with van der Waals surface area (Å²) in [5.74, 6) is 1.17. The largest absolute Gasteiger partial charge is 0.367 e. The Balaban J connectivity index is 1.19. The Morgan fingerprint density at radius 2 is 2.03 bits per heavy atom. The number of rotatable bonds is 6. The van der Waals surface area contributed by atoms with Gasteiger partial charge in [-0.25, -0.2) is 9.97 Å². The van der Waals surface area contributed by atoms with Gasteiger partial charge >= 0.3 is 0 Å². The van der Waals surface area contributed by atoms with Gasteiger partial charge in [0.15, 0.2) is 0 Å². The fourth-order valence-electron chi connectivity index (χ4n) is 5.17. The number of nitrogens with one attached hydrogen (secondary N) is 3. The Kier molecular flexibility index (Phi) is 6.51. The predicted octanol–water partition coefficient (Wildman–Crippen LogP) is 4.46. The highest BCUT2D eigenvalue weighted by Crippen LogP contribution is 2.31. The molecule has 0 bridgehead atoms. The number of carbonyl (C=O) groups is 1. The molecule has 5 rings (SSSR count). The van der Waals surface area contributed by atoms with E-state index < -0.39 is 0 Å². The molecule has 1 aliphatic heterocycles. The zero-order chi connectivity index (χ0) is 22.8. The van der Waals surface area contributed by atoms with Crippen molar-refractivity contribution in [2.75, 3.05) is 25.0 Å². The Hall–Kier alpha value is -2.64. The summed E-state index contributed by atoms with van der Waals surface area (Å²) in [7, 11) is 0. The van der Waals surface area contributed by atoms with Crippen LogP contribution in [0.1, 0.15) is 39.0 Å². The van der Waals surface area contributed by atoms with Crippen molar-refractivity contribution in [2.45, 2.75) is 51.1 Å². The first-order valence-electron chi connectivity index (χ1n) is 12.0. The number of amides is 1. The summed E-state index contributed by atoms with van der Waals surface area (Å²) in [5, 5.41) is 8.40. The molecule has 7 nitrogen and oxygen atoms in total. The number of aromatic nitrogens is 3. The maximum Gasteiger partial charge on any atom is 0.224 e. The van der Waals surface area contributed by atoms with Crippen LogP contribution in [0.15, 0.2) is 36.7 Å². The van der Waals surface area contributed by atoms with Crippen molar-refractivity contribution >= 4 is 34.4 Å². The van der Waals surface area contributed by atoms with E-state index in [1.54, 1.807) is 6.20 Å². The predicted molar refractivity (Wildman–Crippen MR) is 132 cm³/mol. The number of hydrogen-bond donors (Lipinski definition) is 3. The highest BCUT2D eigenvalue weighted by atomic mass is 35.5. The molecule has 3 aromatic rings. The van der Waals surface area contributed by atoms with Gasteiger partial charge in [0.1, 0.15) is 16.6 Å². The number of nitrogens with zero attached hydrogens (tertiary/aromatic N) is 3. The summed E-state index contributed by atoms with van der Waals surface area (Å²) in [5.41, 5.74) is 2.93. The minimum Gasteiger partial charge on any atom is -0.367 e. The number of aromatic amines is 1. The average Bonchev–Trinajstić information content (AvgIpc) is 3.47. The lowest BCUT2D eigenvalue weighted by atomic mass is 9.90. The normalized spacial score (nSPS) is 23.6. The van der Waals surface area contributed by atoms with E-state index in [-0.39, 0.29) is 17.9 Å². The molecule has 1 atom stereocenters. The lowest BCUT2D eigenvalue weighted by Gasteiger charge is -2.30. The standard InChI is InChI=1S/C25H31ClN6O/c1-2-32-11-9-16(15-32)25(33)30-19-7-5-18(6-8-19)29-23-13-17(12-22(26)31-23)21-14-28-24-20(21)4-3-10-27-24/h3-4,10,12-14,16,18-19H,2,5-9,11,15H2,1H3,(H,27,28)(H,29,31)(H,30,33). The van der Waals surface area contributed by atoms with Gasteiger partial charge in [-0.2, -0.15) is 0 Å². The van der Waals surface area contributed by atoms with Crippen molar-refractivity contribution in [1.29, 1.82) is 0 Å². The number of H-pyrrole nitrogens is 1. The Bertz CT molecular complexity index is 1120. The zero-order valence-corrected chi connectivity index (χ0v) is 19.7. The van der Waals surface area contributed by atoms with Crippen molar-refractivity contribution in [3.8, 4) is 11.1 Å². The van der Waals surface area contributed by atoms with Crippen LogP contribution in [0.5, 0.6) is 0 Å². The smallest absolute Gasteiger partial charge is 0.224 e. The van der Waals surface area contributed by atoms with E-state index in [1.807, 2.05) is 18.3 Å². The number of anilines is 1. The van der Waals surface area contributed by atoms with Crippen LogP contribution >= 0.6 is 11.6 Å². The van der Waals surface area contributed by atoms with Gasteiger partial charge in [-0.15, -0.1) is 0 Å². The van der Waals surface area contributed by atoms with Crippen molar-refractivity contribution in [2.24, 2.45) is 5.92 Å². The fraction of sp³-hybridized carbons (Fsp3) is 0.480. The molecule has 1 saturated heterocycles. The summed E-state index contributed by atoms with van der Waals surface area (Å²) < 4.78 is 0. The molecule has 2 fully saturated rings. The van der Waals surface area contributed by atoms with E-state index in [4.69, 9.17) is 11.6 Å². The SMILES string of the molecule is CCN1CCC(C(=O)NC2CCC(Nc3cc(-c4c[nH]c5ncccc45)cc(Cl)n3)CC2)C1. The molecule has 0 aromatic carbocycles. The van der Waals surface area contributed by atoms with E-state index in [9.17, 15) is 4.79 Å². The van der Waals surface area contributed by atoms with Gasteiger partial charge in [0.2, 0.25) is 5.91 Å². The van der Waals surface area contributed by atoms with E-state index in [1.165, 1.54) is 0 Å². The topological polar surface area (TPSA) is 85.9 Å². The molecule has 3 N–H and O–H groups in total. The quantitative estimate of drug-likeness (QED) is 0.467. The third-order valence-electron chi connectivity index (χ3n) is 7.07. The van der Waals surface area contributed by atoms with Gasteiger partial charge in [-0.05, 0) is 75.0 Å². The zero-order valence-electron chi connectivity index (χ0n) is 19.0. The van der Waals surface area contributed by atoms with Gasteiger partial charge < -0.3 is 20.5 Å². The van der Waals surface area contributed by atoms with Crippen molar-refractivity contribution in [1.82, 2.24) is 25.2 Å². The Morgan fingerprint density at radius 1 is 1.21 bits per heavy atom. The molecule has 1 aliphatic carbocycles. The first-order chi connectivity index (χ1) is 16.1. The molecule has 3 aromatic heterocycles. The van der Waals surface area contributed by atoms with E-state index in [0.29, 0.717) is 11.2 Å². The molecule has 2 aliphatic rings. The number of halogens is 1. The van der Waals surface area contributed by atoms with Gasteiger partial charge in [0.05, 0.1) is 5.92 Å². The molecule has 174 valence electrons. The first-order valence-corrected chi connectivity index (χ1v) is 12.4.